The number of aromatic nitrogens is 1. The Morgan fingerprint density at radius 2 is 2.25 bits per heavy atom. The molecule has 0 saturated carbocycles. The van der Waals surface area contributed by atoms with Crippen LogP contribution in [-0.4, -0.2) is 17.4 Å². The first-order valence-electron chi connectivity index (χ1n) is 6.23. The van der Waals surface area contributed by atoms with Crippen molar-refractivity contribution in [1.82, 2.24) is 4.98 Å². The number of nitrogens with one attached hydrogen (secondary N) is 1. The van der Waals surface area contributed by atoms with Gasteiger partial charge in [-0.25, -0.2) is 4.98 Å². The minimum absolute atomic E-state index is 0.0237. The van der Waals surface area contributed by atoms with E-state index in [9.17, 15) is 4.79 Å². The molecular formula is C14H18N4OS. The van der Waals surface area contributed by atoms with Crippen LogP contribution in [0.5, 0.6) is 0 Å². The molecule has 0 fully saturated rings. The molecule has 106 valence electrons. The fourth-order valence-corrected chi connectivity index (χ4v) is 2.69. The number of carbonyl (C=O) groups is 1. The van der Waals surface area contributed by atoms with Gasteiger partial charge in [0.05, 0.1) is 17.4 Å². The monoisotopic (exact) mass is 290 g/mol. The van der Waals surface area contributed by atoms with Crippen LogP contribution in [0.1, 0.15) is 29.1 Å². The Hall–Kier alpha value is -2.08. The second kappa shape index (κ2) is 5.50. The molecule has 0 saturated heterocycles. The van der Waals surface area contributed by atoms with Gasteiger partial charge in [-0.3, -0.25) is 4.79 Å². The molecule has 2 aromatic heterocycles. The molecule has 2 heterocycles. The number of nitrogen functional groups attached to an aromatic ring is 1. The van der Waals surface area contributed by atoms with E-state index in [1.54, 1.807) is 17.4 Å². The zero-order valence-electron chi connectivity index (χ0n) is 11.5. The molecular weight excluding hydrogens is 272 g/mol. The number of anilines is 2. The first kappa shape index (κ1) is 14.3. The maximum atomic E-state index is 11.3. The van der Waals surface area contributed by atoms with E-state index in [-0.39, 0.29) is 11.0 Å². The molecule has 0 bridgehead atoms. The molecule has 0 aromatic carbocycles. The summed E-state index contributed by atoms with van der Waals surface area (Å²) in [5.74, 6) is 0.0445. The molecule has 20 heavy (non-hydrogen) atoms. The van der Waals surface area contributed by atoms with E-state index in [2.05, 4.69) is 35.6 Å². The molecule has 0 aliphatic carbocycles. The topological polar surface area (TPSA) is 94.0 Å². The number of nitrogens with two attached hydrogens (primary N) is 2. The minimum Gasteiger partial charge on any atom is -0.397 e. The first-order chi connectivity index (χ1) is 9.40. The second-order valence-corrected chi connectivity index (χ2v) is 6.18. The molecule has 2 aromatic rings. The van der Waals surface area contributed by atoms with Crippen LogP contribution in [0.25, 0.3) is 0 Å². The number of primary amides is 1. The lowest BCUT2D eigenvalue weighted by atomic mass is 9.91. The predicted octanol–water partition coefficient (Wildman–Crippen LogP) is 2.21. The van der Waals surface area contributed by atoms with E-state index >= 15 is 0 Å². The summed E-state index contributed by atoms with van der Waals surface area (Å²) in [5.41, 5.74) is 11.5. The van der Waals surface area contributed by atoms with Crippen LogP contribution >= 0.6 is 11.3 Å². The van der Waals surface area contributed by atoms with Crippen molar-refractivity contribution in [2.45, 2.75) is 19.3 Å². The summed E-state index contributed by atoms with van der Waals surface area (Å²) in [6.45, 7) is 5.00. The van der Waals surface area contributed by atoms with Crippen LogP contribution in [0.15, 0.2) is 29.8 Å². The number of rotatable bonds is 5. The molecule has 0 radical (unpaired) electrons. The van der Waals surface area contributed by atoms with Gasteiger partial charge in [0.25, 0.3) is 5.91 Å². The summed E-state index contributed by atoms with van der Waals surface area (Å²) >= 11 is 1.72. The number of carbonyl (C=O) groups excluding carboxylic acids is 1. The number of nitrogens with zero attached hydrogens (tertiary/aromatic N) is 1. The third-order valence-electron chi connectivity index (χ3n) is 3.10. The van der Waals surface area contributed by atoms with E-state index in [1.807, 2.05) is 6.07 Å². The van der Waals surface area contributed by atoms with Gasteiger partial charge in [-0.1, -0.05) is 19.9 Å². The normalized spacial score (nSPS) is 11.3. The number of hydrogen-bond acceptors (Lipinski definition) is 5. The summed E-state index contributed by atoms with van der Waals surface area (Å²) in [4.78, 5) is 16.7. The Balaban J connectivity index is 2.11. The lowest BCUT2D eigenvalue weighted by Crippen LogP contribution is -2.27. The zero-order chi connectivity index (χ0) is 14.8. The van der Waals surface area contributed by atoms with E-state index in [0.717, 1.165) is 0 Å². The average molecular weight is 290 g/mol. The van der Waals surface area contributed by atoms with Gasteiger partial charge in [0.15, 0.2) is 0 Å². The Bertz CT molecular complexity index is 608. The van der Waals surface area contributed by atoms with Crippen molar-refractivity contribution in [2.24, 2.45) is 5.73 Å². The number of hydrogen-bond donors (Lipinski definition) is 3. The second-order valence-electron chi connectivity index (χ2n) is 5.24. The van der Waals surface area contributed by atoms with Crippen LogP contribution in [0.4, 0.5) is 11.5 Å². The van der Waals surface area contributed by atoms with E-state index < -0.39 is 5.91 Å². The van der Waals surface area contributed by atoms with Gasteiger partial charge in [-0.15, -0.1) is 11.3 Å². The highest BCUT2D eigenvalue weighted by Crippen LogP contribution is 2.27. The van der Waals surface area contributed by atoms with Crippen LogP contribution in [0.3, 0.4) is 0 Å². The molecule has 0 spiro atoms. The largest absolute Gasteiger partial charge is 0.397 e. The van der Waals surface area contributed by atoms with Crippen molar-refractivity contribution in [3.8, 4) is 0 Å². The Morgan fingerprint density at radius 1 is 1.50 bits per heavy atom. The Kier molecular flexibility index (Phi) is 3.94. The molecule has 5 nitrogen and oxygen atoms in total. The number of pyridine rings is 1. The highest BCUT2D eigenvalue weighted by atomic mass is 32.1. The molecule has 6 heteroatoms. The maximum Gasteiger partial charge on any atom is 0.250 e. The van der Waals surface area contributed by atoms with Gasteiger partial charge >= 0.3 is 0 Å². The molecule has 0 aliphatic rings. The van der Waals surface area contributed by atoms with Crippen molar-refractivity contribution < 1.29 is 4.79 Å². The van der Waals surface area contributed by atoms with Crippen molar-refractivity contribution in [3.63, 3.8) is 0 Å². The fourth-order valence-electron chi connectivity index (χ4n) is 1.84. The third kappa shape index (κ3) is 3.08. The summed E-state index contributed by atoms with van der Waals surface area (Å²) in [7, 11) is 0. The lowest BCUT2D eigenvalue weighted by molar-refractivity contribution is 0.100. The zero-order valence-corrected chi connectivity index (χ0v) is 12.3. The van der Waals surface area contributed by atoms with Crippen LogP contribution in [-0.2, 0) is 5.41 Å². The van der Waals surface area contributed by atoms with Gasteiger partial charge in [-0.2, -0.15) is 0 Å². The fraction of sp³-hybridized carbons (Fsp3) is 0.286. The first-order valence-corrected chi connectivity index (χ1v) is 7.11. The third-order valence-corrected chi connectivity index (χ3v) is 4.34. The molecule has 5 N–H and O–H groups in total. The summed E-state index contributed by atoms with van der Waals surface area (Å²) in [6, 6.07) is 5.73. The van der Waals surface area contributed by atoms with Gasteiger partial charge < -0.3 is 16.8 Å². The lowest BCUT2D eigenvalue weighted by Gasteiger charge is -2.24. The summed E-state index contributed by atoms with van der Waals surface area (Å²) in [6.07, 6.45) is 1.45. The van der Waals surface area contributed by atoms with Crippen molar-refractivity contribution in [1.29, 1.82) is 0 Å². The SMILES string of the molecule is CC(C)(CNc1cc(C(N)=O)c(N)cn1)c1cccs1. The molecule has 0 atom stereocenters. The van der Waals surface area contributed by atoms with Gasteiger partial charge in [0, 0.05) is 16.8 Å². The van der Waals surface area contributed by atoms with E-state index in [1.165, 1.54) is 11.1 Å². The van der Waals surface area contributed by atoms with Crippen LogP contribution < -0.4 is 16.8 Å². The Labute approximate surface area is 122 Å². The van der Waals surface area contributed by atoms with Crippen LogP contribution in [0, 0.1) is 0 Å². The molecule has 0 aliphatic heterocycles. The minimum atomic E-state index is -0.550. The highest BCUT2D eigenvalue weighted by Gasteiger charge is 2.21. The van der Waals surface area contributed by atoms with E-state index in [0.29, 0.717) is 18.1 Å². The van der Waals surface area contributed by atoms with Crippen molar-refractivity contribution >= 4 is 28.7 Å². The summed E-state index contributed by atoms with van der Waals surface area (Å²) < 4.78 is 0. The molecule has 2 rings (SSSR count). The van der Waals surface area contributed by atoms with Crippen LogP contribution in [0.2, 0.25) is 0 Å². The van der Waals surface area contributed by atoms with Gasteiger partial charge in [-0.05, 0) is 17.5 Å². The standard InChI is InChI=1S/C14H18N4OS/c1-14(2,11-4-3-5-20-11)8-18-12-6-9(13(16)19)10(15)7-17-12/h3-7H,8,15H2,1-2H3,(H2,16,19)(H,17,18). The molecule has 0 unspecified atom stereocenters. The summed E-state index contributed by atoms with van der Waals surface area (Å²) in [5, 5.41) is 5.29. The number of amides is 1. The Morgan fingerprint density at radius 3 is 2.85 bits per heavy atom. The van der Waals surface area contributed by atoms with Gasteiger partial charge in [0.1, 0.15) is 5.82 Å². The smallest absolute Gasteiger partial charge is 0.250 e. The predicted molar refractivity (Wildman–Crippen MR) is 83.0 cm³/mol. The average Bonchev–Trinajstić information content (AvgIpc) is 2.92. The van der Waals surface area contributed by atoms with Gasteiger partial charge in [0.2, 0.25) is 0 Å². The van der Waals surface area contributed by atoms with Crippen molar-refractivity contribution in [3.05, 3.63) is 40.2 Å². The maximum absolute atomic E-state index is 11.3. The highest BCUT2D eigenvalue weighted by molar-refractivity contribution is 7.10. The number of thiophene rings is 1. The van der Waals surface area contributed by atoms with E-state index in [4.69, 9.17) is 11.5 Å². The molecule has 1 amide bonds. The quantitative estimate of drug-likeness (QED) is 0.787. The van der Waals surface area contributed by atoms with Crippen molar-refractivity contribution in [2.75, 3.05) is 17.6 Å².